The van der Waals surface area contributed by atoms with Gasteiger partial charge >= 0.3 is 12.0 Å². The van der Waals surface area contributed by atoms with Crippen LogP contribution in [-0.2, 0) is 6.42 Å². The number of hydrogen-bond donors (Lipinski definition) is 3. The minimum absolute atomic E-state index is 0.0817. The summed E-state index contributed by atoms with van der Waals surface area (Å²) in [6, 6.07) is 14.3. The molecule has 0 unspecified atom stereocenters. The van der Waals surface area contributed by atoms with Gasteiger partial charge in [-0.1, -0.05) is 42.5 Å². The van der Waals surface area contributed by atoms with Gasteiger partial charge in [-0.15, -0.1) is 0 Å². The van der Waals surface area contributed by atoms with Gasteiger partial charge in [0.1, 0.15) is 0 Å². The van der Waals surface area contributed by atoms with Crippen molar-refractivity contribution >= 4 is 17.7 Å². The van der Waals surface area contributed by atoms with E-state index >= 15 is 0 Å². The number of carbonyl (C=O) groups is 2. The van der Waals surface area contributed by atoms with Crippen LogP contribution in [0.5, 0.6) is 0 Å². The summed E-state index contributed by atoms with van der Waals surface area (Å²) in [7, 11) is 0. The standard InChI is InChI=1S/C17H18N2O3/c1-12-6-5-9-14(16(20)21)15(12)19-17(22)18-11-10-13-7-3-2-4-8-13/h2-9H,10-11H2,1H3,(H,20,21)(H2,18,19,22). The van der Waals surface area contributed by atoms with Crippen molar-refractivity contribution in [2.75, 3.05) is 11.9 Å². The van der Waals surface area contributed by atoms with Gasteiger partial charge in [0.25, 0.3) is 0 Å². The summed E-state index contributed by atoms with van der Waals surface area (Å²) in [5, 5.41) is 14.5. The van der Waals surface area contributed by atoms with Crippen LogP contribution in [0.2, 0.25) is 0 Å². The Morgan fingerprint density at radius 3 is 2.45 bits per heavy atom. The van der Waals surface area contributed by atoms with Crippen LogP contribution in [0, 0.1) is 6.92 Å². The zero-order valence-electron chi connectivity index (χ0n) is 12.3. The van der Waals surface area contributed by atoms with Crippen molar-refractivity contribution in [2.45, 2.75) is 13.3 Å². The summed E-state index contributed by atoms with van der Waals surface area (Å²) in [5.41, 5.74) is 2.24. The number of carboxylic acid groups (broad SMARTS) is 1. The van der Waals surface area contributed by atoms with E-state index < -0.39 is 12.0 Å². The van der Waals surface area contributed by atoms with Gasteiger partial charge in [-0.2, -0.15) is 0 Å². The van der Waals surface area contributed by atoms with E-state index in [-0.39, 0.29) is 5.56 Å². The van der Waals surface area contributed by atoms with Crippen molar-refractivity contribution in [3.63, 3.8) is 0 Å². The lowest BCUT2D eigenvalue weighted by Gasteiger charge is -2.12. The Bertz CT molecular complexity index is 669. The van der Waals surface area contributed by atoms with Gasteiger partial charge in [0.05, 0.1) is 11.3 Å². The Kier molecular flexibility index (Phi) is 5.14. The number of urea groups is 1. The molecule has 0 aromatic heterocycles. The highest BCUT2D eigenvalue weighted by Gasteiger charge is 2.14. The van der Waals surface area contributed by atoms with E-state index in [1.165, 1.54) is 6.07 Å². The highest BCUT2D eigenvalue weighted by Crippen LogP contribution is 2.20. The Hall–Kier alpha value is -2.82. The molecular weight excluding hydrogens is 280 g/mol. The number of anilines is 1. The maximum atomic E-state index is 11.9. The van der Waals surface area contributed by atoms with Gasteiger partial charge < -0.3 is 15.7 Å². The number of rotatable bonds is 5. The van der Waals surface area contributed by atoms with Crippen molar-refractivity contribution in [1.29, 1.82) is 0 Å². The van der Waals surface area contributed by atoms with Crippen LogP contribution in [0.3, 0.4) is 0 Å². The fourth-order valence-electron chi connectivity index (χ4n) is 2.13. The molecule has 0 atom stereocenters. The number of benzene rings is 2. The Morgan fingerprint density at radius 2 is 1.77 bits per heavy atom. The number of para-hydroxylation sites is 1. The second-order valence-electron chi connectivity index (χ2n) is 4.92. The average molecular weight is 298 g/mol. The summed E-state index contributed by atoms with van der Waals surface area (Å²) in [4.78, 5) is 23.1. The largest absolute Gasteiger partial charge is 0.478 e. The molecule has 0 aliphatic carbocycles. The van der Waals surface area contributed by atoms with Gasteiger partial charge in [0, 0.05) is 6.54 Å². The maximum absolute atomic E-state index is 11.9. The molecule has 114 valence electrons. The number of aromatic carboxylic acids is 1. The maximum Gasteiger partial charge on any atom is 0.337 e. The van der Waals surface area contributed by atoms with E-state index in [1.807, 2.05) is 30.3 Å². The normalized spacial score (nSPS) is 10.0. The summed E-state index contributed by atoms with van der Waals surface area (Å²) < 4.78 is 0. The minimum atomic E-state index is -1.07. The molecule has 0 heterocycles. The van der Waals surface area contributed by atoms with Crippen LogP contribution in [-0.4, -0.2) is 23.7 Å². The number of aryl methyl sites for hydroxylation is 1. The van der Waals surface area contributed by atoms with E-state index in [1.54, 1.807) is 19.1 Å². The number of carbonyl (C=O) groups excluding carboxylic acids is 1. The first-order valence-electron chi connectivity index (χ1n) is 6.99. The van der Waals surface area contributed by atoms with Crippen molar-refractivity contribution in [2.24, 2.45) is 0 Å². The van der Waals surface area contributed by atoms with Crippen LogP contribution >= 0.6 is 0 Å². The number of nitrogens with one attached hydrogen (secondary N) is 2. The van der Waals surface area contributed by atoms with Crippen molar-refractivity contribution in [1.82, 2.24) is 5.32 Å². The van der Waals surface area contributed by atoms with Crippen LogP contribution in [0.1, 0.15) is 21.5 Å². The third kappa shape index (κ3) is 4.09. The molecule has 5 nitrogen and oxygen atoms in total. The molecular formula is C17H18N2O3. The Balaban J connectivity index is 1.94. The van der Waals surface area contributed by atoms with Crippen LogP contribution in [0.15, 0.2) is 48.5 Å². The predicted octanol–water partition coefficient (Wildman–Crippen LogP) is 3.06. The SMILES string of the molecule is Cc1cccc(C(=O)O)c1NC(=O)NCCc1ccccc1. The number of hydrogen-bond acceptors (Lipinski definition) is 2. The van der Waals surface area contributed by atoms with E-state index in [4.69, 9.17) is 5.11 Å². The second-order valence-corrected chi connectivity index (χ2v) is 4.92. The molecule has 0 bridgehead atoms. The van der Waals surface area contributed by atoms with E-state index in [2.05, 4.69) is 10.6 Å². The third-order valence-electron chi connectivity index (χ3n) is 3.28. The zero-order chi connectivity index (χ0) is 15.9. The highest BCUT2D eigenvalue weighted by molar-refractivity contribution is 6.00. The fourth-order valence-corrected chi connectivity index (χ4v) is 2.13. The predicted molar refractivity (Wildman–Crippen MR) is 85.3 cm³/mol. The first-order valence-corrected chi connectivity index (χ1v) is 6.99. The lowest BCUT2D eigenvalue weighted by atomic mass is 10.1. The van der Waals surface area contributed by atoms with Gasteiger partial charge in [0.15, 0.2) is 0 Å². The number of carboxylic acids is 1. The van der Waals surface area contributed by atoms with Crippen molar-refractivity contribution < 1.29 is 14.7 Å². The lowest BCUT2D eigenvalue weighted by molar-refractivity contribution is 0.0698. The summed E-state index contributed by atoms with van der Waals surface area (Å²) in [6.07, 6.45) is 0.716. The number of amides is 2. The Morgan fingerprint density at radius 1 is 1.05 bits per heavy atom. The Labute approximate surface area is 129 Å². The monoisotopic (exact) mass is 298 g/mol. The highest BCUT2D eigenvalue weighted by atomic mass is 16.4. The topological polar surface area (TPSA) is 78.4 Å². The molecule has 3 N–H and O–H groups in total. The molecule has 0 saturated carbocycles. The molecule has 0 aliphatic heterocycles. The molecule has 2 aromatic carbocycles. The second kappa shape index (κ2) is 7.26. The van der Waals surface area contributed by atoms with Gasteiger partial charge in [-0.3, -0.25) is 0 Å². The van der Waals surface area contributed by atoms with Crippen LogP contribution < -0.4 is 10.6 Å². The van der Waals surface area contributed by atoms with Crippen molar-refractivity contribution in [3.8, 4) is 0 Å². The lowest BCUT2D eigenvalue weighted by Crippen LogP contribution is -2.31. The van der Waals surface area contributed by atoms with Crippen LogP contribution in [0.25, 0.3) is 0 Å². The third-order valence-corrected chi connectivity index (χ3v) is 3.28. The molecule has 0 spiro atoms. The molecule has 2 rings (SSSR count). The minimum Gasteiger partial charge on any atom is -0.478 e. The summed E-state index contributed by atoms with van der Waals surface area (Å²) in [5.74, 6) is -1.07. The van der Waals surface area contributed by atoms with Gasteiger partial charge in [-0.25, -0.2) is 9.59 Å². The molecule has 0 aliphatic rings. The molecule has 5 heteroatoms. The van der Waals surface area contributed by atoms with E-state index in [9.17, 15) is 9.59 Å². The summed E-state index contributed by atoms with van der Waals surface area (Å²) >= 11 is 0. The molecule has 0 fully saturated rings. The fraction of sp³-hybridized carbons (Fsp3) is 0.176. The molecule has 22 heavy (non-hydrogen) atoms. The van der Waals surface area contributed by atoms with Crippen molar-refractivity contribution in [3.05, 3.63) is 65.2 Å². The first-order chi connectivity index (χ1) is 10.6. The van der Waals surface area contributed by atoms with Crippen LogP contribution in [0.4, 0.5) is 10.5 Å². The van der Waals surface area contributed by atoms with E-state index in [0.717, 1.165) is 5.56 Å². The summed E-state index contributed by atoms with van der Waals surface area (Å²) in [6.45, 7) is 2.23. The first kappa shape index (κ1) is 15.6. The molecule has 0 saturated heterocycles. The molecule has 2 amide bonds. The van der Waals surface area contributed by atoms with E-state index in [0.29, 0.717) is 24.2 Å². The zero-order valence-corrected chi connectivity index (χ0v) is 12.3. The average Bonchev–Trinajstić information content (AvgIpc) is 2.50. The van der Waals surface area contributed by atoms with Gasteiger partial charge in [0.2, 0.25) is 0 Å². The quantitative estimate of drug-likeness (QED) is 0.794. The smallest absolute Gasteiger partial charge is 0.337 e. The molecule has 0 radical (unpaired) electrons. The molecule has 2 aromatic rings. The van der Waals surface area contributed by atoms with Gasteiger partial charge in [-0.05, 0) is 30.5 Å².